The summed E-state index contributed by atoms with van der Waals surface area (Å²) in [6.45, 7) is 3.37. The van der Waals surface area contributed by atoms with E-state index in [9.17, 15) is 8.42 Å². The lowest BCUT2D eigenvalue weighted by Crippen LogP contribution is -2.14. The molecule has 7 nitrogen and oxygen atoms in total. The van der Waals surface area contributed by atoms with Crippen LogP contribution in [0.25, 0.3) is 0 Å². The summed E-state index contributed by atoms with van der Waals surface area (Å²) in [6.07, 6.45) is 2.65. The van der Waals surface area contributed by atoms with E-state index in [0.29, 0.717) is 12.3 Å². The maximum absolute atomic E-state index is 12.3. The second-order valence-corrected chi connectivity index (χ2v) is 6.88. The fraction of sp³-hybridized carbons (Fsp3) is 0.417. The molecule has 2 aromatic heterocycles. The number of aryl methyl sites for hydroxylation is 1. The summed E-state index contributed by atoms with van der Waals surface area (Å²) in [7, 11) is -2.02. The van der Waals surface area contributed by atoms with E-state index in [1.165, 1.54) is 10.7 Å². The van der Waals surface area contributed by atoms with Crippen LogP contribution in [-0.4, -0.2) is 24.7 Å². The van der Waals surface area contributed by atoms with Crippen LogP contribution in [0.3, 0.4) is 0 Å². The number of aromatic nitrogens is 2. The Kier molecular flexibility index (Phi) is 5.07. The number of halogens is 1. The van der Waals surface area contributed by atoms with E-state index >= 15 is 0 Å². The Labute approximate surface area is 131 Å². The highest BCUT2D eigenvalue weighted by Gasteiger charge is 2.23. The van der Waals surface area contributed by atoms with Gasteiger partial charge < -0.3 is 9.73 Å². The first-order chi connectivity index (χ1) is 9.92. The van der Waals surface area contributed by atoms with Gasteiger partial charge in [0.05, 0.1) is 6.54 Å². The van der Waals surface area contributed by atoms with Gasteiger partial charge in [0.1, 0.15) is 10.7 Å². The quantitative estimate of drug-likeness (QED) is 0.722. The summed E-state index contributed by atoms with van der Waals surface area (Å²) in [4.78, 5) is 0.0569. The zero-order valence-corrected chi connectivity index (χ0v) is 14.2. The van der Waals surface area contributed by atoms with Gasteiger partial charge in [0.15, 0.2) is 10.5 Å². The van der Waals surface area contributed by atoms with Crippen molar-refractivity contribution in [3.63, 3.8) is 0 Å². The van der Waals surface area contributed by atoms with Gasteiger partial charge in [-0.1, -0.05) is 6.92 Å². The van der Waals surface area contributed by atoms with Crippen molar-refractivity contribution in [1.82, 2.24) is 15.1 Å². The summed E-state index contributed by atoms with van der Waals surface area (Å²) < 4.78 is 34.1. The average molecular weight is 377 g/mol. The molecule has 2 rings (SSSR count). The lowest BCUT2D eigenvalue weighted by molar-refractivity contribution is 0.461. The van der Waals surface area contributed by atoms with Crippen molar-refractivity contribution >= 4 is 31.8 Å². The van der Waals surface area contributed by atoms with Crippen molar-refractivity contribution in [1.29, 1.82) is 0 Å². The van der Waals surface area contributed by atoms with Crippen LogP contribution in [0.4, 0.5) is 5.82 Å². The third-order valence-corrected chi connectivity index (χ3v) is 4.89. The Bertz CT molecular complexity index is 708. The third-order valence-electron chi connectivity index (χ3n) is 2.67. The zero-order valence-electron chi connectivity index (χ0n) is 11.8. The van der Waals surface area contributed by atoms with Crippen LogP contribution in [0, 0.1) is 0 Å². The average Bonchev–Trinajstić information content (AvgIpc) is 2.96. The highest BCUT2D eigenvalue weighted by molar-refractivity contribution is 9.10. The number of nitrogens with zero attached hydrogens (tertiary/aromatic N) is 2. The van der Waals surface area contributed by atoms with Crippen LogP contribution in [0.2, 0.25) is 0 Å². The van der Waals surface area contributed by atoms with E-state index in [-0.39, 0.29) is 15.4 Å². The lowest BCUT2D eigenvalue weighted by Gasteiger charge is -2.02. The molecule has 0 fully saturated rings. The molecule has 0 aliphatic rings. The maximum Gasteiger partial charge on any atom is 0.267 e. The largest absolute Gasteiger partial charge is 0.451 e. The summed E-state index contributed by atoms with van der Waals surface area (Å²) in [5, 5.41) is 7.14. The summed E-state index contributed by atoms with van der Waals surface area (Å²) in [5.41, 5.74) is 0. The summed E-state index contributed by atoms with van der Waals surface area (Å²) >= 11 is 3.14. The number of hydrogen-bond acceptors (Lipinski definition) is 5. The molecule has 21 heavy (non-hydrogen) atoms. The monoisotopic (exact) mass is 376 g/mol. The minimum Gasteiger partial charge on any atom is -0.451 e. The molecule has 0 aliphatic heterocycles. The van der Waals surface area contributed by atoms with Gasteiger partial charge in [0, 0.05) is 25.4 Å². The second-order valence-electron chi connectivity index (χ2n) is 4.51. The van der Waals surface area contributed by atoms with Crippen LogP contribution < -0.4 is 10.0 Å². The van der Waals surface area contributed by atoms with Gasteiger partial charge in [0.25, 0.3) is 10.0 Å². The molecule has 0 atom stereocenters. The molecule has 2 aromatic rings. The predicted molar refractivity (Wildman–Crippen MR) is 82.4 cm³/mol. The molecule has 0 aromatic carbocycles. The van der Waals surface area contributed by atoms with Crippen LogP contribution in [0.5, 0.6) is 0 Å². The highest BCUT2D eigenvalue weighted by atomic mass is 79.9. The van der Waals surface area contributed by atoms with Gasteiger partial charge in [-0.25, -0.2) is 8.42 Å². The van der Waals surface area contributed by atoms with Gasteiger partial charge in [-0.2, -0.15) is 5.10 Å². The van der Waals surface area contributed by atoms with Crippen LogP contribution >= 0.6 is 15.9 Å². The van der Waals surface area contributed by atoms with Gasteiger partial charge in [0.2, 0.25) is 0 Å². The Balaban J connectivity index is 2.16. The topological polar surface area (TPSA) is 89.2 Å². The highest BCUT2D eigenvalue weighted by Crippen LogP contribution is 2.27. The standard InChI is InChI=1S/C12H17BrN4O3S/c1-3-5-14-8-9-7-10(12(13)20-9)21(18,19)16-11-4-6-17(2)15-11/h4,6-7,14H,3,5,8H2,1-2H3,(H,15,16). The van der Waals surface area contributed by atoms with Gasteiger partial charge in [-0.05, 0) is 28.9 Å². The van der Waals surface area contributed by atoms with Crippen molar-refractivity contribution in [2.45, 2.75) is 24.8 Å². The van der Waals surface area contributed by atoms with Crippen LogP contribution in [0.1, 0.15) is 19.1 Å². The number of sulfonamides is 1. The first-order valence-electron chi connectivity index (χ1n) is 6.43. The molecule has 2 N–H and O–H groups in total. The second kappa shape index (κ2) is 6.63. The SMILES string of the molecule is CCCNCc1cc(S(=O)(=O)Nc2ccn(C)n2)c(Br)o1. The number of nitrogens with one attached hydrogen (secondary N) is 2. The zero-order chi connectivity index (χ0) is 15.5. The minimum absolute atomic E-state index is 0.0569. The molecule has 9 heteroatoms. The Morgan fingerprint density at radius 1 is 1.48 bits per heavy atom. The number of hydrogen-bond donors (Lipinski definition) is 2. The molecule has 116 valence electrons. The summed E-state index contributed by atoms with van der Waals surface area (Å²) in [5.74, 6) is 0.813. The smallest absolute Gasteiger partial charge is 0.267 e. The van der Waals surface area contributed by atoms with Crippen molar-refractivity contribution in [2.24, 2.45) is 7.05 Å². The summed E-state index contributed by atoms with van der Waals surface area (Å²) in [6, 6.07) is 3.08. The lowest BCUT2D eigenvalue weighted by atomic mass is 10.4. The van der Waals surface area contributed by atoms with Gasteiger partial charge >= 0.3 is 0 Å². The molecule has 0 spiro atoms. The van der Waals surface area contributed by atoms with E-state index < -0.39 is 10.0 Å². The van der Waals surface area contributed by atoms with E-state index in [0.717, 1.165) is 13.0 Å². The first kappa shape index (κ1) is 16.1. The Morgan fingerprint density at radius 3 is 2.86 bits per heavy atom. The van der Waals surface area contributed by atoms with Crippen LogP contribution in [-0.2, 0) is 23.6 Å². The number of anilines is 1. The molecular formula is C12H17BrN4O3S. The Hall–Kier alpha value is -1.32. The van der Waals surface area contributed by atoms with E-state index in [4.69, 9.17) is 4.42 Å². The molecular weight excluding hydrogens is 360 g/mol. The van der Waals surface area contributed by atoms with E-state index in [2.05, 4.69) is 38.0 Å². The number of furan rings is 1. The Morgan fingerprint density at radius 2 is 2.24 bits per heavy atom. The molecule has 0 saturated carbocycles. The number of rotatable bonds is 7. The normalized spacial score (nSPS) is 11.8. The van der Waals surface area contributed by atoms with Crippen molar-refractivity contribution in [3.8, 4) is 0 Å². The fourth-order valence-electron chi connectivity index (χ4n) is 1.72. The maximum atomic E-state index is 12.3. The van der Waals surface area contributed by atoms with Gasteiger partial charge in [-0.15, -0.1) is 0 Å². The third kappa shape index (κ3) is 4.08. The van der Waals surface area contributed by atoms with Gasteiger partial charge in [-0.3, -0.25) is 9.40 Å². The first-order valence-corrected chi connectivity index (χ1v) is 8.71. The van der Waals surface area contributed by atoms with E-state index in [1.807, 2.05) is 0 Å². The molecule has 0 aliphatic carbocycles. The molecule has 2 heterocycles. The molecule has 0 saturated heterocycles. The fourth-order valence-corrected chi connectivity index (χ4v) is 3.71. The van der Waals surface area contributed by atoms with Crippen LogP contribution in [0.15, 0.2) is 32.3 Å². The van der Waals surface area contributed by atoms with Crippen molar-refractivity contribution < 1.29 is 12.8 Å². The minimum atomic E-state index is -3.73. The van der Waals surface area contributed by atoms with Crippen molar-refractivity contribution in [3.05, 3.63) is 28.8 Å². The molecule has 0 radical (unpaired) electrons. The predicted octanol–water partition coefficient (Wildman–Crippen LogP) is 2.08. The van der Waals surface area contributed by atoms with Crippen molar-refractivity contribution in [2.75, 3.05) is 11.3 Å². The van der Waals surface area contributed by atoms with E-state index in [1.54, 1.807) is 19.3 Å². The molecule has 0 unspecified atom stereocenters. The molecule has 0 amide bonds. The molecule has 0 bridgehead atoms.